The smallest absolute Gasteiger partial charge is 0.240 e. The van der Waals surface area contributed by atoms with Crippen molar-refractivity contribution >= 4 is 16.8 Å². The molecule has 4 rings (SSSR count). The van der Waals surface area contributed by atoms with Crippen molar-refractivity contribution in [2.45, 2.75) is 12.6 Å². The first kappa shape index (κ1) is 17.8. The number of morpholine rings is 1. The van der Waals surface area contributed by atoms with E-state index in [9.17, 15) is 4.79 Å². The minimum atomic E-state index is -0.0290. The lowest BCUT2D eigenvalue weighted by Gasteiger charge is -2.31. The molecule has 0 radical (unpaired) electrons. The lowest BCUT2D eigenvalue weighted by atomic mass is 10.1. The van der Waals surface area contributed by atoms with Gasteiger partial charge in [-0.2, -0.15) is 0 Å². The van der Waals surface area contributed by atoms with E-state index >= 15 is 0 Å². The van der Waals surface area contributed by atoms with Crippen LogP contribution in [0.3, 0.4) is 0 Å². The van der Waals surface area contributed by atoms with E-state index in [-0.39, 0.29) is 11.9 Å². The zero-order valence-corrected chi connectivity index (χ0v) is 15.4. The molecule has 5 heteroatoms. The van der Waals surface area contributed by atoms with E-state index in [4.69, 9.17) is 4.74 Å². The van der Waals surface area contributed by atoms with Crippen molar-refractivity contribution in [3.8, 4) is 0 Å². The summed E-state index contributed by atoms with van der Waals surface area (Å²) in [4.78, 5) is 15.2. The molecule has 3 aromatic rings. The number of amides is 1. The molecule has 1 unspecified atom stereocenters. The molecule has 1 atom stereocenters. The van der Waals surface area contributed by atoms with Crippen LogP contribution in [0.1, 0.15) is 11.6 Å². The second-order valence-electron chi connectivity index (χ2n) is 6.95. The number of fused-ring (bicyclic) bond motifs is 1. The van der Waals surface area contributed by atoms with Crippen LogP contribution in [0, 0.1) is 0 Å². The van der Waals surface area contributed by atoms with Gasteiger partial charge in [-0.15, -0.1) is 0 Å². The maximum atomic E-state index is 12.8. The van der Waals surface area contributed by atoms with E-state index in [1.807, 2.05) is 53.2 Å². The molecule has 1 amide bonds. The fourth-order valence-corrected chi connectivity index (χ4v) is 3.63. The van der Waals surface area contributed by atoms with Crippen LogP contribution in [0.25, 0.3) is 10.9 Å². The van der Waals surface area contributed by atoms with E-state index in [0.29, 0.717) is 6.54 Å². The number of aromatic nitrogens is 1. The van der Waals surface area contributed by atoms with E-state index < -0.39 is 0 Å². The largest absolute Gasteiger partial charge is 0.379 e. The Morgan fingerprint density at radius 3 is 2.56 bits per heavy atom. The first-order chi connectivity index (χ1) is 13.3. The van der Waals surface area contributed by atoms with Crippen molar-refractivity contribution < 1.29 is 9.53 Å². The number of nitrogens with one attached hydrogen (secondary N) is 1. The molecule has 0 aliphatic carbocycles. The van der Waals surface area contributed by atoms with E-state index in [1.54, 1.807) is 0 Å². The van der Waals surface area contributed by atoms with Crippen molar-refractivity contribution in [1.82, 2.24) is 14.8 Å². The Morgan fingerprint density at radius 2 is 1.74 bits per heavy atom. The third-order valence-corrected chi connectivity index (χ3v) is 5.08. The molecule has 1 fully saturated rings. The van der Waals surface area contributed by atoms with Crippen LogP contribution in [0.4, 0.5) is 0 Å². The van der Waals surface area contributed by atoms with Crippen LogP contribution >= 0.6 is 0 Å². The molecule has 0 saturated carbocycles. The van der Waals surface area contributed by atoms with Gasteiger partial charge in [0.25, 0.3) is 0 Å². The minimum absolute atomic E-state index is 0.0264. The first-order valence-corrected chi connectivity index (χ1v) is 9.48. The third-order valence-electron chi connectivity index (χ3n) is 5.08. The molecular weight excluding hydrogens is 338 g/mol. The molecule has 1 N–H and O–H groups in total. The van der Waals surface area contributed by atoms with Crippen LogP contribution in [-0.2, 0) is 16.1 Å². The number of rotatable bonds is 6. The summed E-state index contributed by atoms with van der Waals surface area (Å²) in [7, 11) is 0. The Kier molecular flexibility index (Phi) is 5.51. The second-order valence-corrected chi connectivity index (χ2v) is 6.95. The molecule has 0 spiro atoms. The predicted octanol–water partition coefficient (Wildman–Crippen LogP) is 2.83. The number of hydrogen-bond acceptors (Lipinski definition) is 3. The number of ether oxygens (including phenoxy) is 1. The molecule has 140 valence electrons. The van der Waals surface area contributed by atoms with Gasteiger partial charge in [-0.25, -0.2) is 0 Å². The van der Waals surface area contributed by atoms with Crippen molar-refractivity contribution in [2.24, 2.45) is 0 Å². The van der Waals surface area contributed by atoms with Gasteiger partial charge < -0.3 is 14.6 Å². The summed E-state index contributed by atoms with van der Waals surface area (Å²) in [5.74, 6) is 0.0264. The van der Waals surface area contributed by atoms with E-state index in [0.717, 1.165) is 49.3 Å². The number of nitrogens with zero attached hydrogens (tertiary/aromatic N) is 2. The molecular formula is C22H25N3O2. The molecule has 2 aromatic carbocycles. The maximum absolute atomic E-state index is 12.8. The summed E-state index contributed by atoms with van der Waals surface area (Å²) in [6.45, 7) is 4.43. The fraction of sp³-hybridized carbons (Fsp3) is 0.318. The number of carbonyl (C=O) groups is 1. The summed E-state index contributed by atoms with van der Waals surface area (Å²) in [6.07, 6.45) is 1.98. The SMILES string of the molecule is O=C(Cn1ccc2ccccc21)NC(CN1CCOCC1)c1ccccc1. The maximum Gasteiger partial charge on any atom is 0.240 e. The summed E-state index contributed by atoms with van der Waals surface area (Å²) in [5.41, 5.74) is 2.21. The molecule has 0 bridgehead atoms. The average molecular weight is 363 g/mol. The highest BCUT2D eigenvalue weighted by Crippen LogP contribution is 2.17. The van der Waals surface area contributed by atoms with Gasteiger partial charge in [-0.3, -0.25) is 9.69 Å². The molecule has 27 heavy (non-hydrogen) atoms. The van der Waals surface area contributed by atoms with Crippen molar-refractivity contribution in [3.05, 3.63) is 72.4 Å². The lowest BCUT2D eigenvalue weighted by molar-refractivity contribution is -0.122. The van der Waals surface area contributed by atoms with Crippen LogP contribution < -0.4 is 5.32 Å². The first-order valence-electron chi connectivity index (χ1n) is 9.48. The van der Waals surface area contributed by atoms with Crippen LogP contribution in [0.2, 0.25) is 0 Å². The number of para-hydroxylation sites is 1. The zero-order valence-electron chi connectivity index (χ0n) is 15.4. The molecule has 5 nitrogen and oxygen atoms in total. The predicted molar refractivity (Wildman–Crippen MR) is 107 cm³/mol. The summed E-state index contributed by atoms with van der Waals surface area (Å²) in [6, 6.07) is 20.3. The zero-order chi connectivity index (χ0) is 18.5. The highest BCUT2D eigenvalue weighted by Gasteiger charge is 2.20. The van der Waals surface area contributed by atoms with Crippen molar-refractivity contribution in [3.63, 3.8) is 0 Å². The number of benzene rings is 2. The molecule has 2 heterocycles. The highest BCUT2D eigenvalue weighted by molar-refractivity contribution is 5.83. The van der Waals surface area contributed by atoms with Gasteiger partial charge in [-0.1, -0.05) is 48.5 Å². The Labute approximate surface area is 159 Å². The van der Waals surface area contributed by atoms with E-state index in [1.165, 1.54) is 0 Å². The van der Waals surface area contributed by atoms with Crippen LogP contribution in [0.5, 0.6) is 0 Å². The monoisotopic (exact) mass is 363 g/mol. The Balaban J connectivity index is 1.47. The van der Waals surface area contributed by atoms with E-state index in [2.05, 4.69) is 28.4 Å². The summed E-state index contributed by atoms with van der Waals surface area (Å²) < 4.78 is 7.45. The fourth-order valence-electron chi connectivity index (χ4n) is 3.63. The van der Waals surface area contributed by atoms with Gasteiger partial charge in [-0.05, 0) is 23.1 Å². The standard InChI is InChI=1S/C22H25N3O2/c26-22(17-25-11-10-19-8-4-5-9-21(19)25)23-20(18-6-2-1-3-7-18)16-24-12-14-27-15-13-24/h1-11,20H,12-17H2,(H,23,26). The molecule has 1 aromatic heterocycles. The quantitative estimate of drug-likeness (QED) is 0.733. The second kappa shape index (κ2) is 8.37. The molecule has 1 aliphatic rings. The highest BCUT2D eigenvalue weighted by atomic mass is 16.5. The summed E-state index contributed by atoms with van der Waals surface area (Å²) >= 11 is 0. The Hall–Kier alpha value is -2.63. The Morgan fingerprint density at radius 1 is 1.00 bits per heavy atom. The average Bonchev–Trinajstić information content (AvgIpc) is 3.12. The van der Waals surface area contributed by atoms with Gasteiger partial charge in [0.1, 0.15) is 6.54 Å². The Bertz CT molecular complexity index is 885. The van der Waals surface area contributed by atoms with Crippen molar-refractivity contribution in [2.75, 3.05) is 32.8 Å². The van der Waals surface area contributed by atoms with Gasteiger partial charge >= 0.3 is 0 Å². The topological polar surface area (TPSA) is 46.5 Å². The lowest BCUT2D eigenvalue weighted by Crippen LogP contribution is -2.43. The number of carbonyl (C=O) groups excluding carboxylic acids is 1. The van der Waals surface area contributed by atoms with Crippen LogP contribution in [0.15, 0.2) is 66.9 Å². The van der Waals surface area contributed by atoms with Crippen LogP contribution in [-0.4, -0.2) is 48.2 Å². The van der Waals surface area contributed by atoms with Gasteiger partial charge in [0, 0.05) is 31.3 Å². The molecule has 1 aliphatic heterocycles. The third kappa shape index (κ3) is 4.38. The summed E-state index contributed by atoms with van der Waals surface area (Å²) in [5, 5.41) is 4.39. The number of hydrogen-bond donors (Lipinski definition) is 1. The normalized spacial score (nSPS) is 16.3. The minimum Gasteiger partial charge on any atom is -0.379 e. The van der Waals surface area contributed by atoms with Gasteiger partial charge in [0.05, 0.1) is 19.3 Å². The van der Waals surface area contributed by atoms with Gasteiger partial charge in [0.15, 0.2) is 0 Å². The van der Waals surface area contributed by atoms with Gasteiger partial charge in [0.2, 0.25) is 5.91 Å². The molecule has 1 saturated heterocycles. The van der Waals surface area contributed by atoms with Crippen molar-refractivity contribution in [1.29, 1.82) is 0 Å².